The molecule has 1 saturated heterocycles. The predicted octanol–water partition coefficient (Wildman–Crippen LogP) is 2.52. The third kappa shape index (κ3) is 3.15. The van der Waals surface area contributed by atoms with E-state index in [9.17, 15) is 4.39 Å². The van der Waals surface area contributed by atoms with Crippen molar-refractivity contribution in [1.29, 1.82) is 0 Å². The molecule has 0 spiro atoms. The number of nitrogens with zero attached hydrogens (tertiary/aromatic N) is 4. The molecule has 9 nitrogen and oxygen atoms in total. The predicted molar refractivity (Wildman–Crippen MR) is 98.3 cm³/mol. The van der Waals surface area contributed by atoms with Gasteiger partial charge in [0.25, 0.3) is 0 Å². The van der Waals surface area contributed by atoms with Crippen molar-refractivity contribution in [2.75, 3.05) is 33.3 Å². The first-order chi connectivity index (χ1) is 13.6. The zero-order chi connectivity index (χ0) is 19.7. The van der Waals surface area contributed by atoms with Crippen LogP contribution in [0.25, 0.3) is 11.2 Å². The molecule has 0 bridgehead atoms. The quantitative estimate of drug-likeness (QED) is 0.617. The molecule has 1 fully saturated rings. The summed E-state index contributed by atoms with van der Waals surface area (Å²) < 4.78 is 37.2. The SMILES string of the molecule is COc1cc(CNc2nc(F)nc3c2ncn3C2CCO2)cc(OC)c1OC. The number of ether oxygens (including phenoxy) is 4. The molecule has 0 radical (unpaired) electrons. The number of anilines is 1. The number of imidazole rings is 1. The summed E-state index contributed by atoms with van der Waals surface area (Å²) >= 11 is 0. The summed E-state index contributed by atoms with van der Waals surface area (Å²) in [5, 5.41) is 3.11. The van der Waals surface area contributed by atoms with Crippen LogP contribution in [0.4, 0.5) is 10.2 Å². The highest BCUT2D eigenvalue weighted by molar-refractivity contribution is 5.82. The van der Waals surface area contributed by atoms with Crippen molar-refractivity contribution in [1.82, 2.24) is 19.5 Å². The van der Waals surface area contributed by atoms with Crippen molar-refractivity contribution in [3.05, 3.63) is 30.1 Å². The van der Waals surface area contributed by atoms with Gasteiger partial charge in [0.1, 0.15) is 6.23 Å². The fraction of sp³-hybridized carbons (Fsp3) is 0.389. The van der Waals surface area contributed by atoms with Crippen molar-refractivity contribution in [3.63, 3.8) is 0 Å². The molecule has 3 aromatic rings. The lowest BCUT2D eigenvalue weighted by atomic mass is 10.1. The third-order valence-electron chi connectivity index (χ3n) is 4.56. The van der Waals surface area contributed by atoms with Gasteiger partial charge in [0, 0.05) is 13.0 Å². The summed E-state index contributed by atoms with van der Waals surface area (Å²) in [5.74, 6) is 1.87. The van der Waals surface area contributed by atoms with Gasteiger partial charge in [-0.1, -0.05) is 0 Å². The highest BCUT2D eigenvalue weighted by atomic mass is 19.1. The molecule has 10 heteroatoms. The van der Waals surface area contributed by atoms with Gasteiger partial charge >= 0.3 is 6.08 Å². The second-order valence-corrected chi connectivity index (χ2v) is 6.17. The van der Waals surface area contributed by atoms with Crippen molar-refractivity contribution < 1.29 is 23.3 Å². The van der Waals surface area contributed by atoms with Crippen LogP contribution in [0.15, 0.2) is 18.5 Å². The van der Waals surface area contributed by atoms with Gasteiger partial charge in [0.05, 0.1) is 34.3 Å². The molecular formula is C18H20FN5O4. The first-order valence-electron chi connectivity index (χ1n) is 8.69. The van der Waals surface area contributed by atoms with Crippen LogP contribution in [-0.2, 0) is 11.3 Å². The second kappa shape index (κ2) is 7.47. The van der Waals surface area contributed by atoms with Crippen LogP contribution < -0.4 is 19.5 Å². The van der Waals surface area contributed by atoms with Gasteiger partial charge in [-0.05, 0) is 17.7 Å². The van der Waals surface area contributed by atoms with Crippen LogP contribution in [0, 0.1) is 6.08 Å². The maximum atomic E-state index is 14.0. The third-order valence-corrected chi connectivity index (χ3v) is 4.56. The summed E-state index contributed by atoms with van der Waals surface area (Å²) in [5.41, 5.74) is 1.71. The lowest BCUT2D eigenvalue weighted by Crippen LogP contribution is -2.24. The second-order valence-electron chi connectivity index (χ2n) is 6.17. The Morgan fingerprint density at radius 2 is 1.89 bits per heavy atom. The minimum absolute atomic E-state index is 0.165. The number of halogens is 1. The Morgan fingerprint density at radius 1 is 1.18 bits per heavy atom. The van der Waals surface area contributed by atoms with Gasteiger partial charge in [-0.2, -0.15) is 14.4 Å². The van der Waals surface area contributed by atoms with Gasteiger partial charge in [-0.15, -0.1) is 0 Å². The van der Waals surface area contributed by atoms with E-state index in [-0.39, 0.29) is 6.23 Å². The fourth-order valence-corrected chi connectivity index (χ4v) is 3.09. The lowest BCUT2D eigenvalue weighted by Gasteiger charge is -2.27. The van der Waals surface area contributed by atoms with Crippen LogP contribution in [-0.4, -0.2) is 47.5 Å². The van der Waals surface area contributed by atoms with Crippen LogP contribution in [0.1, 0.15) is 18.2 Å². The minimum atomic E-state index is -0.832. The molecule has 3 heterocycles. The molecule has 1 N–H and O–H groups in total. The number of hydrogen-bond acceptors (Lipinski definition) is 8. The molecule has 4 rings (SSSR count). The summed E-state index contributed by atoms with van der Waals surface area (Å²) in [6.45, 7) is 1.01. The summed E-state index contributed by atoms with van der Waals surface area (Å²) in [7, 11) is 4.64. The molecule has 1 aliphatic heterocycles. The van der Waals surface area contributed by atoms with Crippen molar-refractivity contribution in [2.24, 2.45) is 0 Å². The molecule has 0 saturated carbocycles. The number of hydrogen-bond donors (Lipinski definition) is 1. The Hall–Kier alpha value is -3.14. The van der Waals surface area contributed by atoms with E-state index in [1.807, 2.05) is 12.1 Å². The number of nitrogens with one attached hydrogen (secondary N) is 1. The normalized spacial score (nSPS) is 15.9. The van der Waals surface area contributed by atoms with E-state index in [0.717, 1.165) is 12.0 Å². The molecule has 28 heavy (non-hydrogen) atoms. The molecule has 0 aliphatic carbocycles. The van der Waals surface area contributed by atoms with E-state index in [1.54, 1.807) is 32.2 Å². The zero-order valence-corrected chi connectivity index (χ0v) is 15.7. The van der Waals surface area contributed by atoms with E-state index in [2.05, 4.69) is 20.3 Å². The van der Waals surface area contributed by atoms with Gasteiger partial charge in [-0.25, -0.2) is 4.98 Å². The Morgan fingerprint density at radius 3 is 2.46 bits per heavy atom. The van der Waals surface area contributed by atoms with Gasteiger partial charge in [0.15, 0.2) is 28.5 Å². The van der Waals surface area contributed by atoms with Crippen molar-refractivity contribution >= 4 is 17.0 Å². The minimum Gasteiger partial charge on any atom is -0.493 e. The number of aromatic nitrogens is 4. The van der Waals surface area contributed by atoms with Crippen LogP contribution >= 0.6 is 0 Å². The standard InChI is InChI=1S/C18H20FN5O4/c1-25-11-6-10(7-12(26-2)15(11)27-3)8-20-16-14-17(23-18(19)22-16)24(9-21-14)13-4-5-28-13/h6-7,9,13H,4-5,8H2,1-3H3,(H,20,22,23). The monoisotopic (exact) mass is 389 g/mol. The van der Waals surface area contributed by atoms with E-state index < -0.39 is 6.08 Å². The Balaban J connectivity index is 1.63. The van der Waals surface area contributed by atoms with Crippen LogP contribution in [0.2, 0.25) is 0 Å². The average Bonchev–Trinajstić information content (AvgIpc) is 3.07. The molecule has 2 aromatic heterocycles. The first kappa shape index (κ1) is 18.2. The number of methoxy groups -OCH3 is 3. The maximum Gasteiger partial charge on any atom is 0.312 e. The van der Waals surface area contributed by atoms with Crippen LogP contribution in [0.5, 0.6) is 17.2 Å². The highest BCUT2D eigenvalue weighted by Gasteiger charge is 2.24. The fourth-order valence-electron chi connectivity index (χ4n) is 3.09. The van der Waals surface area contributed by atoms with E-state index in [1.165, 1.54) is 0 Å². The molecule has 1 atom stereocenters. The average molecular weight is 389 g/mol. The number of benzene rings is 1. The lowest BCUT2D eigenvalue weighted by molar-refractivity contribution is -0.0974. The van der Waals surface area contributed by atoms with Gasteiger partial charge in [-0.3, -0.25) is 4.57 Å². The number of fused-ring (bicyclic) bond motifs is 1. The smallest absolute Gasteiger partial charge is 0.312 e. The summed E-state index contributed by atoms with van der Waals surface area (Å²) in [4.78, 5) is 12.1. The molecule has 1 aliphatic rings. The summed E-state index contributed by atoms with van der Waals surface area (Å²) in [6.07, 6.45) is 1.43. The molecule has 0 amide bonds. The molecule has 148 valence electrons. The maximum absolute atomic E-state index is 14.0. The zero-order valence-electron chi connectivity index (χ0n) is 15.7. The van der Waals surface area contributed by atoms with E-state index in [0.29, 0.717) is 47.4 Å². The van der Waals surface area contributed by atoms with Gasteiger partial charge < -0.3 is 24.3 Å². The summed E-state index contributed by atoms with van der Waals surface area (Å²) in [6, 6.07) is 3.62. The Labute approximate surface area is 160 Å². The largest absolute Gasteiger partial charge is 0.493 e. The van der Waals surface area contributed by atoms with Crippen molar-refractivity contribution in [2.45, 2.75) is 19.2 Å². The van der Waals surface area contributed by atoms with E-state index >= 15 is 0 Å². The van der Waals surface area contributed by atoms with Crippen molar-refractivity contribution in [3.8, 4) is 17.2 Å². The first-order valence-corrected chi connectivity index (χ1v) is 8.69. The van der Waals surface area contributed by atoms with Gasteiger partial charge in [0.2, 0.25) is 5.75 Å². The highest BCUT2D eigenvalue weighted by Crippen LogP contribution is 2.38. The topological polar surface area (TPSA) is 92.6 Å². The molecular weight excluding hydrogens is 369 g/mol. The van der Waals surface area contributed by atoms with E-state index in [4.69, 9.17) is 18.9 Å². The molecule has 1 aromatic carbocycles. The molecule has 1 unspecified atom stereocenters. The number of rotatable bonds is 7. The van der Waals surface area contributed by atoms with Crippen LogP contribution in [0.3, 0.4) is 0 Å². The Bertz CT molecular complexity index is 980. The Kier molecular flexibility index (Phi) is 4.86.